The fourth-order valence-corrected chi connectivity index (χ4v) is 0. The molecule has 0 heterocycles. The molecule has 11 heavy (non-hydrogen) atoms. The molecule has 0 unspecified atom stereocenters. The maximum Gasteiger partial charge on any atom is 0 e. The Kier molecular flexibility index (Phi) is 1630. The molecule has 0 spiro atoms. The SMILES string of the molecule is Cl.Cl.Cl.Cl.Cl.Cl.Cl.[Al].[Al].[Zr].[Zr]. The van der Waals surface area contributed by atoms with Crippen LogP contribution in [0.5, 0.6) is 0 Å². The number of hydrogen-bond donors (Lipinski definition) is 0. The molecule has 11 heteroatoms. The second kappa shape index (κ2) is 121. The molecule has 0 saturated carbocycles. The fraction of sp³-hybridized carbons (Fsp3) is 0. The average Bonchev–Trinajstić information content (AvgIpc) is 0. The molecule has 0 aliphatic heterocycles. The smallest absolute Gasteiger partial charge is 0 e. The van der Waals surface area contributed by atoms with Crippen molar-refractivity contribution in [1.29, 1.82) is 0 Å². The maximum absolute atomic E-state index is 0. The van der Waals surface area contributed by atoms with Crippen LogP contribution in [0.4, 0.5) is 0 Å². The average molecular weight is 492 g/mol. The molecule has 6 radical (unpaired) electrons. The van der Waals surface area contributed by atoms with E-state index < -0.39 is 0 Å². The molecule has 70 valence electrons. The van der Waals surface area contributed by atoms with Crippen molar-refractivity contribution < 1.29 is 52.4 Å². The van der Waals surface area contributed by atoms with Gasteiger partial charge >= 0.3 is 0 Å². The van der Waals surface area contributed by atoms with Crippen LogP contribution in [0.1, 0.15) is 0 Å². The number of halogens is 7. The maximum atomic E-state index is 0. The molecule has 0 atom stereocenters. The van der Waals surface area contributed by atoms with Gasteiger partial charge in [-0.2, -0.15) is 0 Å². The first-order chi connectivity index (χ1) is 0. The molecule has 0 aliphatic carbocycles. The zero-order chi connectivity index (χ0) is 0. The first kappa shape index (κ1) is 148. The van der Waals surface area contributed by atoms with Crippen molar-refractivity contribution in [2.45, 2.75) is 0 Å². The van der Waals surface area contributed by atoms with Gasteiger partial charge in [-0.25, -0.2) is 0 Å². The van der Waals surface area contributed by atoms with E-state index in [0.29, 0.717) is 0 Å². The van der Waals surface area contributed by atoms with Crippen LogP contribution in [0.2, 0.25) is 0 Å². The zero-order valence-electron chi connectivity index (χ0n) is 5.01. The first-order valence-electron chi connectivity index (χ1n) is 0. The van der Waals surface area contributed by atoms with E-state index in [2.05, 4.69) is 0 Å². The summed E-state index contributed by atoms with van der Waals surface area (Å²) in [6, 6.07) is 0. The Bertz CT molecular complexity index is 14.4. The molecular formula is H7Al2Cl7Zr2. The van der Waals surface area contributed by atoms with E-state index in [0.717, 1.165) is 0 Å². The topological polar surface area (TPSA) is 0 Å². The first-order valence-corrected chi connectivity index (χ1v) is 0. The summed E-state index contributed by atoms with van der Waals surface area (Å²) in [4.78, 5) is 0. The molecule has 0 aliphatic rings. The predicted octanol–water partition coefficient (Wildman–Crippen LogP) is 2.19. The van der Waals surface area contributed by atoms with Gasteiger partial charge in [0.1, 0.15) is 0 Å². The molecule has 0 amide bonds. The quantitative estimate of drug-likeness (QED) is 0.456. The molecule has 0 fully saturated rings. The second-order valence-corrected chi connectivity index (χ2v) is 0. The van der Waals surface area contributed by atoms with Gasteiger partial charge in [0.2, 0.25) is 0 Å². The van der Waals surface area contributed by atoms with E-state index in [1.165, 1.54) is 0 Å². The van der Waals surface area contributed by atoms with Crippen LogP contribution in [-0.2, 0) is 52.4 Å². The van der Waals surface area contributed by atoms with Crippen LogP contribution >= 0.6 is 86.8 Å². The van der Waals surface area contributed by atoms with Crippen molar-refractivity contribution >= 4 is 122 Å². The minimum Gasteiger partial charge on any atom is -0.147 e. The van der Waals surface area contributed by atoms with Gasteiger partial charge in [-0.3, -0.25) is 0 Å². The van der Waals surface area contributed by atoms with Crippen LogP contribution in [-0.4, -0.2) is 34.7 Å². The summed E-state index contributed by atoms with van der Waals surface area (Å²) in [7, 11) is 0. The Labute approximate surface area is 171 Å². The normalized spacial score (nSPS) is 0. The van der Waals surface area contributed by atoms with Gasteiger partial charge in [0, 0.05) is 87.1 Å². The minimum absolute atomic E-state index is 0. The molecule has 0 aromatic heterocycles. The summed E-state index contributed by atoms with van der Waals surface area (Å²) in [5.41, 5.74) is 0. The molecule has 0 saturated heterocycles. The standard InChI is InChI=1S/2Al.7ClH.2Zr/h;;7*1H;;. The van der Waals surface area contributed by atoms with Crippen molar-refractivity contribution in [3.8, 4) is 0 Å². The summed E-state index contributed by atoms with van der Waals surface area (Å²) in [6.45, 7) is 0. The van der Waals surface area contributed by atoms with Gasteiger partial charge in [-0.05, 0) is 0 Å². The van der Waals surface area contributed by atoms with Crippen LogP contribution in [0.25, 0.3) is 0 Å². The van der Waals surface area contributed by atoms with E-state index in [-0.39, 0.29) is 174 Å². The van der Waals surface area contributed by atoms with Crippen molar-refractivity contribution in [1.82, 2.24) is 0 Å². The van der Waals surface area contributed by atoms with Crippen LogP contribution in [0.3, 0.4) is 0 Å². The Hall–Kier alpha value is 4.86. The van der Waals surface area contributed by atoms with E-state index in [4.69, 9.17) is 0 Å². The molecule has 0 aromatic carbocycles. The summed E-state index contributed by atoms with van der Waals surface area (Å²) in [6.07, 6.45) is 0. The van der Waals surface area contributed by atoms with Crippen molar-refractivity contribution in [2.24, 2.45) is 0 Å². The van der Waals surface area contributed by atoms with Gasteiger partial charge in [0.05, 0.1) is 0 Å². The molecule has 0 nitrogen and oxygen atoms in total. The third-order valence-electron chi connectivity index (χ3n) is 0. The Balaban J connectivity index is 0. The van der Waals surface area contributed by atoms with E-state index >= 15 is 0 Å². The Morgan fingerprint density at radius 2 is 0.273 bits per heavy atom. The van der Waals surface area contributed by atoms with Gasteiger partial charge in [-0.15, -0.1) is 86.8 Å². The van der Waals surface area contributed by atoms with Gasteiger partial charge < -0.3 is 0 Å². The van der Waals surface area contributed by atoms with Gasteiger partial charge in [0.25, 0.3) is 0 Å². The molecule has 0 rings (SSSR count). The fourth-order valence-electron chi connectivity index (χ4n) is 0. The summed E-state index contributed by atoms with van der Waals surface area (Å²) < 4.78 is 0. The van der Waals surface area contributed by atoms with E-state index in [9.17, 15) is 0 Å². The molecule has 0 bridgehead atoms. The largest absolute Gasteiger partial charge is 0.147 e. The van der Waals surface area contributed by atoms with Crippen molar-refractivity contribution in [3.05, 3.63) is 0 Å². The van der Waals surface area contributed by atoms with Crippen LogP contribution < -0.4 is 0 Å². The molecular weight excluding hydrogens is 485 g/mol. The van der Waals surface area contributed by atoms with Crippen molar-refractivity contribution in [2.75, 3.05) is 0 Å². The molecule has 0 N–H and O–H groups in total. The monoisotopic (exact) mass is 486 g/mol. The summed E-state index contributed by atoms with van der Waals surface area (Å²) in [5, 5.41) is 0. The van der Waals surface area contributed by atoms with Gasteiger partial charge in [-0.1, -0.05) is 0 Å². The van der Waals surface area contributed by atoms with Crippen molar-refractivity contribution in [3.63, 3.8) is 0 Å². The predicted molar refractivity (Wildman–Crippen MR) is 62.2 cm³/mol. The Morgan fingerprint density at radius 1 is 0.273 bits per heavy atom. The molecule has 0 aromatic rings. The van der Waals surface area contributed by atoms with E-state index in [1.807, 2.05) is 0 Å². The van der Waals surface area contributed by atoms with Gasteiger partial charge in [0.15, 0.2) is 0 Å². The van der Waals surface area contributed by atoms with E-state index in [1.54, 1.807) is 0 Å². The Morgan fingerprint density at radius 3 is 0.273 bits per heavy atom. The summed E-state index contributed by atoms with van der Waals surface area (Å²) >= 11 is 0. The third-order valence-corrected chi connectivity index (χ3v) is 0. The number of rotatable bonds is 0. The summed E-state index contributed by atoms with van der Waals surface area (Å²) in [5.74, 6) is 0. The third kappa shape index (κ3) is 104. The zero-order valence-corrected chi connectivity index (χ0v) is 18.0. The van der Waals surface area contributed by atoms with Crippen LogP contribution in [0, 0.1) is 0 Å². The number of hydrogen-bond acceptors (Lipinski definition) is 0. The minimum atomic E-state index is 0. The second-order valence-electron chi connectivity index (χ2n) is 0. The van der Waals surface area contributed by atoms with Crippen LogP contribution in [0.15, 0.2) is 0 Å².